The molecule has 0 aromatic carbocycles. The fourth-order valence-corrected chi connectivity index (χ4v) is 2.05. The first-order valence-corrected chi connectivity index (χ1v) is 6.18. The van der Waals surface area contributed by atoms with E-state index in [-0.39, 0.29) is 10.8 Å². The topological polar surface area (TPSA) is 129 Å². The molecule has 9 heteroatoms. The monoisotopic (exact) mass is 287 g/mol. The third kappa shape index (κ3) is 3.98. The molecule has 19 heavy (non-hydrogen) atoms. The molecule has 0 radical (unpaired) electrons. The number of aromatic nitrogens is 2. The third-order valence-corrected chi connectivity index (χ3v) is 2.99. The molecule has 0 aliphatic heterocycles. The molecule has 0 saturated carbocycles. The lowest BCUT2D eigenvalue weighted by Crippen LogP contribution is -2.42. The van der Waals surface area contributed by atoms with Crippen LogP contribution in [-0.4, -0.2) is 43.7 Å². The van der Waals surface area contributed by atoms with E-state index in [1.54, 1.807) is 0 Å². The van der Waals surface area contributed by atoms with Crippen LogP contribution in [-0.2, 0) is 9.59 Å². The Kier molecular flexibility index (Phi) is 4.93. The SMILES string of the molecule is CC(C)c1nnsc1C(=O)N[C@H](CC(=O)O)C(=O)O. The molecular formula is C10H13N3O5S. The summed E-state index contributed by atoms with van der Waals surface area (Å²) < 4.78 is 3.64. The normalized spacial score (nSPS) is 12.2. The minimum absolute atomic E-state index is 0.0396. The molecule has 1 atom stereocenters. The quantitative estimate of drug-likeness (QED) is 0.686. The lowest BCUT2D eigenvalue weighted by molar-refractivity contribution is -0.145. The van der Waals surface area contributed by atoms with Crippen molar-refractivity contribution in [1.82, 2.24) is 14.9 Å². The molecule has 0 aliphatic carbocycles. The first-order valence-electron chi connectivity index (χ1n) is 5.40. The Morgan fingerprint density at radius 1 is 1.32 bits per heavy atom. The number of nitrogens with zero attached hydrogens (tertiary/aromatic N) is 2. The van der Waals surface area contributed by atoms with E-state index >= 15 is 0 Å². The zero-order valence-corrected chi connectivity index (χ0v) is 11.1. The summed E-state index contributed by atoms with van der Waals surface area (Å²) in [5, 5.41) is 23.4. The van der Waals surface area contributed by atoms with Gasteiger partial charge in [-0.1, -0.05) is 18.3 Å². The highest BCUT2D eigenvalue weighted by Gasteiger charge is 2.26. The van der Waals surface area contributed by atoms with E-state index in [1.807, 2.05) is 13.8 Å². The van der Waals surface area contributed by atoms with Gasteiger partial charge in [0.05, 0.1) is 12.1 Å². The fraction of sp³-hybridized carbons (Fsp3) is 0.500. The van der Waals surface area contributed by atoms with Gasteiger partial charge in [-0.3, -0.25) is 9.59 Å². The minimum Gasteiger partial charge on any atom is -0.481 e. The summed E-state index contributed by atoms with van der Waals surface area (Å²) in [6.07, 6.45) is -0.690. The van der Waals surface area contributed by atoms with Gasteiger partial charge in [-0.2, -0.15) is 0 Å². The molecule has 0 aliphatic rings. The second-order valence-electron chi connectivity index (χ2n) is 4.10. The summed E-state index contributed by atoms with van der Waals surface area (Å²) in [6.45, 7) is 3.64. The Balaban J connectivity index is 2.85. The number of hydrogen-bond donors (Lipinski definition) is 3. The second-order valence-corrected chi connectivity index (χ2v) is 4.86. The molecule has 1 heterocycles. The van der Waals surface area contributed by atoms with Crippen LogP contribution >= 0.6 is 11.5 Å². The first-order chi connectivity index (χ1) is 8.82. The van der Waals surface area contributed by atoms with Gasteiger partial charge in [0.2, 0.25) is 0 Å². The number of amides is 1. The number of carbonyl (C=O) groups is 3. The van der Waals surface area contributed by atoms with E-state index in [9.17, 15) is 14.4 Å². The highest BCUT2D eigenvalue weighted by molar-refractivity contribution is 7.08. The first kappa shape index (κ1) is 15.0. The van der Waals surface area contributed by atoms with Crippen molar-refractivity contribution in [2.75, 3.05) is 0 Å². The lowest BCUT2D eigenvalue weighted by atomic mass is 10.1. The number of nitrogens with one attached hydrogen (secondary N) is 1. The van der Waals surface area contributed by atoms with Crippen molar-refractivity contribution in [1.29, 1.82) is 0 Å². The standard InChI is InChI=1S/C10H13N3O5S/c1-4(2)7-8(19-13-12-7)9(16)11-5(10(17)18)3-6(14)15/h4-5H,3H2,1-2H3,(H,11,16)(H,14,15)(H,17,18)/t5-/m1/s1. The molecule has 0 bridgehead atoms. The van der Waals surface area contributed by atoms with Crippen LogP contribution in [0.4, 0.5) is 0 Å². The Labute approximate surface area is 112 Å². The fourth-order valence-electron chi connectivity index (χ4n) is 1.33. The maximum Gasteiger partial charge on any atom is 0.326 e. The largest absolute Gasteiger partial charge is 0.481 e. The van der Waals surface area contributed by atoms with Crippen LogP contribution in [0.3, 0.4) is 0 Å². The van der Waals surface area contributed by atoms with E-state index < -0.39 is 30.3 Å². The zero-order valence-electron chi connectivity index (χ0n) is 10.3. The van der Waals surface area contributed by atoms with Gasteiger partial charge in [0, 0.05) is 0 Å². The van der Waals surface area contributed by atoms with E-state index in [1.165, 1.54) is 0 Å². The van der Waals surface area contributed by atoms with Crippen molar-refractivity contribution < 1.29 is 24.6 Å². The zero-order chi connectivity index (χ0) is 14.6. The number of carboxylic acids is 2. The number of hydrogen-bond acceptors (Lipinski definition) is 6. The van der Waals surface area contributed by atoms with E-state index in [4.69, 9.17) is 10.2 Å². The van der Waals surface area contributed by atoms with Gasteiger partial charge in [-0.15, -0.1) is 5.10 Å². The predicted octanol–water partition coefficient (Wildman–Crippen LogP) is 0.319. The third-order valence-electron chi connectivity index (χ3n) is 2.25. The van der Waals surface area contributed by atoms with Crippen LogP contribution in [0.15, 0.2) is 0 Å². The number of rotatable bonds is 6. The summed E-state index contributed by atoms with van der Waals surface area (Å²) in [4.78, 5) is 33.5. The molecule has 0 fully saturated rings. The van der Waals surface area contributed by atoms with Crippen molar-refractivity contribution in [2.45, 2.75) is 32.2 Å². The molecule has 1 aromatic heterocycles. The van der Waals surface area contributed by atoms with Crippen molar-refractivity contribution in [2.24, 2.45) is 0 Å². The molecular weight excluding hydrogens is 274 g/mol. The van der Waals surface area contributed by atoms with Crippen LogP contribution < -0.4 is 5.32 Å². The molecule has 0 spiro atoms. The van der Waals surface area contributed by atoms with Gasteiger partial charge >= 0.3 is 11.9 Å². The van der Waals surface area contributed by atoms with Crippen LogP contribution in [0.5, 0.6) is 0 Å². The van der Waals surface area contributed by atoms with Crippen molar-refractivity contribution >= 4 is 29.4 Å². The van der Waals surface area contributed by atoms with Gasteiger partial charge in [-0.05, 0) is 17.5 Å². The average Bonchev–Trinajstić information content (AvgIpc) is 2.76. The molecule has 1 aromatic rings. The van der Waals surface area contributed by atoms with Crippen LogP contribution in [0, 0.1) is 0 Å². The molecule has 0 saturated heterocycles. The maximum absolute atomic E-state index is 11.9. The molecule has 1 rings (SSSR count). The highest BCUT2D eigenvalue weighted by atomic mass is 32.1. The average molecular weight is 287 g/mol. The van der Waals surface area contributed by atoms with Gasteiger partial charge in [0.1, 0.15) is 10.9 Å². The van der Waals surface area contributed by atoms with Crippen LogP contribution in [0.2, 0.25) is 0 Å². The van der Waals surface area contributed by atoms with E-state index in [0.29, 0.717) is 5.69 Å². The Morgan fingerprint density at radius 2 is 1.95 bits per heavy atom. The second kappa shape index (κ2) is 6.23. The smallest absolute Gasteiger partial charge is 0.326 e. The van der Waals surface area contributed by atoms with E-state index in [0.717, 1.165) is 11.5 Å². The van der Waals surface area contributed by atoms with Gasteiger partial charge in [-0.25, -0.2) is 4.79 Å². The van der Waals surface area contributed by atoms with Crippen molar-refractivity contribution in [3.8, 4) is 0 Å². The maximum atomic E-state index is 11.9. The van der Waals surface area contributed by atoms with Gasteiger partial charge in [0.25, 0.3) is 5.91 Å². The summed E-state index contributed by atoms with van der Waals surface area (Å²) in [7, 11) is 0. The summed E-state index contributed by atoms with van der Waals surface area (Å²) >= 11 is 0.845. The van der Waals surface area contributed by atoms with Crippen molar-refractivity contribution in [3.63, 3.8) is 0 Å². The molecule has 1 amide bonds. The van der Waals surface area contributed by atoms with Crippen LogP contribution in [0.1, 0.15) is 41.6 Å². The highest BCUT2D eigenvalue weighted by Crippen LogP contribution is 2.19. The van der Waals surface area contributed by atoms with Gasteiger partial charge in [0.15, 0.2) is 0 Å². The summed E-state index contributed by atoms with van der Waals surface area (Å²) in [5.74, 6) is -3.42. The minimum atomic E-state index is -1.48. The molecule has 0 unspecified atom stereocenters. The summed E-state index contributed by atoms with van der Waals surface area (Å²) in [5.41, 5.74) is 0.460. The molecule has 104 valence electrons. The molecule has 3 N–H and O–H groups in total. The number of carboxylic acid groups (broad SMARTS) is 2. The summed E-state index contributed by atoms with van der Waals surface area (Å²) in [6, 6.07) is -1.48. The number of carbonyl (C=O) groups excluding carboxylic acids is 1. The number of aliphatic carboxylic acids is 2. The van der Waals surface area contributed by atoms with E-state index in [2.05, 4.69) is 14.9 Å². The Morgan fingerprint density at radius 3 is 2.42 bits per heavy atom. The Bertz CT molecular complexity index is 499. The van der Waals surface area contributed by atoms with Crippen molar-refractivity contribution in [3.05, 3.63) is 10.6 Å². The van der Waals surface area contributed by atoms with Gasteiger partial charge < -0.3 is 15.5 Å². The predicted molar refractivity (Wildman–Crippen MR) is 65.1 cm³/mol. The van der Waals surface area contributed by atoms with Crippen LogP contribution in [0.25, 0.3) is 0 Å². The Hall–Kier alpha value is -2.03. The lowest BCUT2D eigenvalue weighted by Gasteiger charge is -2.12. The molecule has 8 nitrogen and oxygen atoms in total.